The van der Waals surface area contributed by atoms with Gasteiger partial charge in [0.15, 0.2) is 0 Å². The van der Waals surface area contributed by atoms with Crippen LogP contribution in [0, 0.1) is 0 Å². The minimum Gasteiger partial charge on any atom is -0.352 e. The van der Waals surface area contributed by atoms with Crippen LogP contribution in [0.15, 0.2) is 28.7 Å². The third-order valence-electron chi connectivity index (χ3n) is 3.45. The molecule has 122 valence electrons. The Balaban J connectivity index is 0.00000242. The predicted molar refractivity (Wildman–Crippen MR) is 92.4 cm³/mol. The summed E-state index contributed by atoms with van der Waals surface area (Å²) in [6.45, 7) is 4.74. The Kier molecular flexibility index (Phi) is 7.85. The summed E-state index contributed by atoms with van der Waals surface area (Å²) in [7, 11) is 0. The first kappa shape index (κ1) is 18.9. The van der Waals surface area contributed by atoms with Crippen LogP contribution in [0.5, 0.6) is 0 Å². The van der Waals surface area contributed by atoms with Gasteiger partial charge in [-0.15, -0.1) is 12.4 Å². The van der Waals surface area contributed by atoms with Gasteiger partial charge in [-0.2, -0.15) is 0 Å². The van der Waals surface area contributed by atoms with E-state index in [0.29, 0.717) is 24.6 Å². The Morgan fingerprint density at radius 2 is 2.05 bits per heavy atom. The number of hydrogen-bond acceptors (Lipinski definition) is 3. The molecule has 1 aliphatic heterocycles. The molecule has 5 nitrogen and oxygen atoms in total. The zero-order valence-electron chi connectivity index (χ0n) is 12.5. The van der Waals surface area contributed by atoms with E-state index in [4.69, 9.17) is 0 Å². The van der Waals surface area contributed by atoms with Crippen molar-refractivity contribution in [2.75, 3.05) is 26.2 Å². The van der Waals surface area contributed by atoms with Crippen LogP contribution >= 0.6 is 28.3 Å². The van der Waals surface area contributed by atoms with Gasteiger partial charge >= 0.3 is 0 Å². The standard InChI is InChI=1S/C15H20BrN3O2.ClH/c1-11-10-19(9-8-17-11)14(20)6-7-18-15(21)12-2-4-13(16)5-3-12;/h2-5,11,17H,6-10H2,1H3,(H,18,21);1H. The minimum absolute atomic E-state index is 0. The lowest BCUT2D eigenvalue weighted by atomic mass is 10.2. The number of carbonyl (C=O) groups excluding carboxylic acids is 2. The van der Waals surface area contributed by atoms with Crippen LogP contribution in [0.1, 0.15) is 23.7 Å². The number of rotatable bonds is 4. The summed E-state index contributed by atoms with van der Waals surface area (Å²) in [5.41, 5.74) is 0.599. The second-order valence-electron chi connectivity index (χ2n) is 5.21. The van der Waals surface area contributed by atoms with Crippen LogP contribution in [-0.2, 0) is 4.79 Å². The van der Waals surface area contributed by atoms with E-state index in [-0.39, 0.29) is 24.2 Å². The van der Waals surface area contributed by atoms with Crippen LogP contribution < -0.4 is 10.6 Å². The van der Waals surface area contributed by atoms with E-state index < -0.39 is 0 Å². The number of carbonyl (C=O) groups is 2. The third-order valence-corrected chi connectivity index (χ3v) is 3.98. The highest BCUT2D eigenvalue weighted by atomic mass is 79.9. The number of nitrogens with one attached hydrogen (secondary N) is 2. The maximum Gasteiger partial charge on any atom is 0.251 e. The second kappa shape index (κ2) is 9.12. The fourth-order valence-electron chi connectivity index (χ4n) is 2.30. The lowest BCUT2D eigenvalue weighted by molar-refractivity contribution is -0.132. The molecule has 0 spiro atoms. The summed E-state index contributed by atoms with van der Waals surface area (Å²) in [4.78, 5) is 25.8. The van der Waals surface area contributed by atoms with E-state index in [1.165, 1.54) is 0 Å². The van der Waals surface area contributed by atoms with Gasteiger partial charge in [0.25, 0.3) is 5.91 Å². The molecule has 0 saturated carbocycles. The van der Waals surface area contributed by atoms with Crippen molar-refractivity contribution < 1.29 is 9.59 Å². The molecule has 0 aliphatic carbocycles. The predicted octanol–water partition coefficient (Wildman–Crippen LogP) is 1.81. The first-order chi connectivity index (χ1) is 10.1. The summed E-state index contributed by atoms with van der Waals surface area (Å²) in [5, 5.41) is 6.08. The number of piperazine rings is 1. The first-order valence-electron chi connectivity index (χ1n) is 7.11. The first-order valence-corrected chi connectivity index (χ1v) is 7.90. The summed E-state index contributed by atoms with van der Waals surface area (Å²) in [5.74, 6) is -0.0524. The highest BCUT2D eigenvalue weighted by Gasteiger charge is 2.20. The van der Waals surface area contributed by atoms with Gasteiger partial charge in [0, 0.05) is 48.7 Å². The smallest absolute Gasteiger partial charge is 0.251 e. The molecule has 22 heavy (non-hydrogen) atoms. The van der Waals surface area contributed by atoms with Crippen LogP contribution in [-0.4, -0.2) is 48.9 Å². The maximum absolute atomic E-state index is 12.0. The molecule has 1 atom stereocenters. The fourth-order valence-corrected chi connectivity index (χ4v) is 2.57. The molecule has 0 radical (unpaired) electrons. The Hall–Kier alpha value is -1.11. The summed E-state index contributed by atoms with van der Waals surface area (Å²) < 4.78 is 0.932. The summed E-state index contributed by atoms with van der Waals surface area (Å²) in [6.07, 6.45) is 0.342. The number of nitrogens with zero attached hydrogens (tertiary/aromatic N) is 1. The molecule has 1 aromatic carbocycles. The molecule has 1 fully saturated rings. The van der Waals surface area contributed by atoms with Crippen molar-refractivity contribution in [3.8, 4) is 0 Å². The zero-order chi connectivity index (χ0) is 15.2. The van der Waals surface area contributed by atoms with Gasteiger partial charge in [-0.25, -0.2) is 0 Å². The Bertz CT molecular complexity index is 510. The van der Waals surface area contributed by atoms with Gasteiger partial charge in [0.05, 0.1) is 0 Å². The monoisotopic (exact) mass is 389 g/mol. The van der Waals surface area contributed by atoms with Crippen molar-refractivity contribution in [1.29, 1.82) is 0 Å². The van der Waals surface area contributed by atoms with Crippen molar-refractivity contribution in [2.45, 2.75) is 19.4 Å². The largest absolute Gasteiger partial charge is 0.352 e. The lowest BCUT2D eigenvalue weighted by Gasteiger charge is -2.32. The Morgan fingerprint density at radius 3 is 2.68 bits per heavy atom. The van der Waals surface area contributed by atoms with Gasteiger partial charge in [-0.05, 0) is 31.2 Å². The van der Waals surface area contributed by atoms with Crippen LogP contribution in [0.2, 0.25) is 0 Å². The molecule has 1 aromatic rings. The number of hydrogen-bond donors (Lipinski definition) is 2. The van der Waals surface area contributed by atoms with Crippen molar-refractivity contribution in [3.05, 3.63) is 34.3 Å². The highest BCUT2D eigenvalue weighted by molar-refractivity contribution is 9.10. The molecule has 2 rings (SSSR count). The van der Waals surface area contributed by atoms with Gasteiger partial charge < -0.3 is 15.5 Å². The van der Waals surface area contributed by atoms with E-state index in [9.17, 15) is 9.59 Å². The van der Waals surface area contributed by atoms with Crippen LogP contribution in [0.3, 0.4) is 0 Å². The van der Waals surface area contributed by atoms with E-state index in [0.717, 1.165) is 24.1 Å². The molecule has 7 heteroatoms. The number of benzene rings is 1. The molecular weight excluding hydrogens is 370 g/mol. The van der Waals surface area contributed by atoms with Crippen molar-refractivity contribution >= 4 is 40.2 Å². The second-order valence-corrected chi connectivity index (χ2v) is 6.12. The molecular formula is C15H21BrClN3O2. The molecule has 1 saturated heterocycles. The number of amides is 2. The average molecular weight is 391 g/mol. The fraction of sp³-hybridized carbons (Fsp3) is 0.467. The minimum atomic E-state index is -0.149. The molecule has 1 aliphatic rings. The van der Waals surface area contributed by atoms with Crippen molar-refractivity contribution in [2.24, 2.45) is 0 Å². The normalized spacial score (nSPS) is 17.5. The van der Waals surface area contributed by atoms with Gasteiger partial charge in [-0.3, -0.25) is 9.59 Å². The molecule has 0 bridgehead atoms. The maximum atomic E-state index is 12.0. The SMILES string of the molecule is CC1CN(C(=O)CCNC(=O)c2ccc(Br)cc2)CCN1.Cl. The third kappa shape index (κ3) is 5.59. The zero-order valence-corrected chi connectivity index (χ0v) is 14.9. The Morgan fingerprint density at radius 1 is 1.36 bits per heavy atom. The lowest BCUT2D eigenvalue weighted by Crippen LogP contribution is -2.51. The Labute approximate surface area is 145 Å². The summed E-state index contributed by atoms with van der Waals surface area (Å²) in [6, 6.07) is 7.48. The molecule has 1 unspecified atom stereocenters. The van der Waals surface area contributed by atoms with Gasteiger partial charge in [-0.1, -0.05) is 15.9 Å². The average Bonchev–Trinajstić information content (AvgIpc) is 2.47. The van der Waals surface area contributed by atoms with E-state index in [1.54, 1.807) is 12.1 Å². The van der Waals surface area contributed by atoms with Gasteiger partial charge in [0.1, 0.15) is 0 Å². The molecule has 1 heterocycles. The van der Waals surface area contributed by atoms with Crippen LogP contribution in [0.4, 0.5) is 0 Å². The van der Waals surface area contributed by atoms with E-state index >= 15 is 0 Å². The van der Waals surface area contributed by atoms with E-state index in [2.05, 4.69) is 33.5 Å². The quantitative estimate of drug-likeness (QED) is 0.824. The summed E-state index contributed by atoms with van der Waals surface area (Å²) >= 11 is 3.33. The molecule has 0 aromatic heterocycles. The molecule has 2 amide bonds. The van der Waals surface area contributed by atoms with Crippen LogP contribution in [0.25, 0.3) is 0 Å². The van der Waals surface area contributed by atoms with Gasteiger partial charge in [0.2, 0.25) is 5.91 Å². The van der Waals surface area contributed by atoms with E-state index in [1.807, 2.05) is 17.0 Å². The number of halogens is 2. The van der Waals surface area contributed by atoms with Crippen molar-refractivity contribution in [3.63, 3.8) is 0 Å². The highest BCUT2D eigenvalue weighted by Crippen LogP contribution is 2.10. The topological polar surface area (TPSA) is 61.4 Å². The van der Waals surface area contributed by atoms with Crippen molar-refractivity contribution in [1.82, 2.24) is 15.5 Å². The molecule has 2 N–H and O–H groups in total.